The zero-order chi connectivity index (χ0) is 27.8. The number of fused-ring (bicyclic) bond motifs is 2. The fourth-order valence-corrected chi connectivity index (χ4v) is 7.33. The van der Waals surface area contributed by atoms with E-state index in [1.54, 1.807) is 0 Å². The van der Waals surface area contributed by atoms with Gasteiger partial charge in [0, 0.05) is 46.0 Å². The van der Waals surface area contributed by atoms with Gasteiger partial charge in [-0.05, 0) is 72.6 Å². The summed E-state index contributed by atoms with van der Waals surface area (Å²) in [7, 11) is 0. The number of anilines is 2. The molecule has 39 heavy (non-hydrogen) atoms. The lowest BCUT2D eigenvalue weighted by Gasteiger charge is -2.32. The van der Waals surface area contributed by atoms with Gasteiger partial charge in [0.15, 0.2) is 0 Å². The molecule has 0 saturated carbocycles. The van der Waals surface area contributed by atoms with Crippen LogP contribution < -0.4 is 9.80 Å². The maximum Gasteiger partial charge on any atom is 0.0568 e. The minimum absolute atomic E-state index is 0.0256. The van der Waals surface area contributed by atoms with Crippen LogP contribution in [0.2, 0.25) is 0 Å². The van der Waals surface area contributed by atoms with E-state index in [9.17, 15) is 0 Å². The van der Waals surface area contributed by atoms with Crippen LogP contribution in [-0.4, -0.2) is 19.1 Å². The molecule has 2 aromatic rings. The van der Waals surface area contributed by atoms with Crippen LogP contribution >= 0.6 is 11.6 Å². The first kappa shape index (κ1) is 27.8. The van der Waals surface area contributed by atoms with E-state index in [2.05, 4.69) is 124 Å². The average Bonchev–Trinajstić information content (AvgIpc) is 3.27. The lowest BCUT2D eigenvalue weighted by molar-refractivity contribution is 0.473. The summed E-state index contributed by atoms with van der Waals surface area (Å²) in [6, 6.07) is 18.1. The van der Waals surface area contributed by atoms with Crippen molar-refractivity contribution >= 4 is 23.0 Å². The van der Waals surface area contributed by atoms with Crippen molar-refractivity contribution in [3.8, 4) is 0 Å². The monoisotopic (exact) mass is 540 g/mol. The summed E-state index contributed by atoms with van der Waals surface area (Å²) >= 11 is 7.14. The minimum atomic E-state index is -0.0256. The molecule has 0 N–H and O–H groups in total. The molecule has 0 saturated heterocycles. The molecule has 0 fully saturated rings. The van der Waals surface area contributed by atoms with E-state index in [-0.39, 0.29) is 10.8 Å². The Morgan fingerprint density at radius 3 is 2.23 bits per heavy atom. The molecular formula is C36H45ClN2. The maximum absolute atomic E-state index is 7.14. The highest BCUT2D eigenvalue weighted by molar-refractivity contribution is 6.32. The van der Waals surface area contributed by atoms with E-state index in [0.29, 0.717) is 6.04 Å². The quantitative estimate of drug-likeness (QED) is 0.344. The Hall–Kier alpha value is -2.71. The van der Waals surface area contributed by atoms with Crippen molar-refractivity contribution in [2.75, 3.05) is 22.9 Å². The van der Waals surface area contributed by atoms with Crippen molar-refractivity contribution in [1.29, 1.82) is 0 Å². The molecule has 1 unspecified atom stereocenters. The van der Waals surface area contributed by atoms with Gasteiger partial charge < -0.3 is 9.80 Å². The second-order valence-electron chi connectivity index (χ2n) is 12.5. The van der Waals surface area contributed by atoms with Crippen LogP contribution in [0, 0.1) is 0 Å². The van der Waals surface area contributed by atoms with Crippen LogP contribution in [-0.2, 0) is 10.8 Å². The molecule has 0 amide bonds. The van der Waals surface area contributed by atoms with Gasteiger partial charge in [-0.2, -0.15) is 0 Å². The fourth-order valence-electron chi connectivity index (χ4n) is 7.01. The zero-order valence-electron chi connectivity index (χ0n) is 24.7. The Morgan fingerprint density at radius 2 is 1.51 bits per heavy atom. The average molecular weight is 541 g/mol. The molecule has 2 nitrogen and oxygen atoms in total. The van der Waals surface area contributed by atoms with Crippen LogP contribution in [0.15, 0.2) is 94.7 Å². The van der Waals surface area contributed by atoms with Crippen molar-refractivity contribution in [1.82, 2.24) is 0 Å². The van der Waals surface area contributed by atoms with Gasteiger partial charge in [0.25, 0.3) is 0 Å². The lowest BCUT2D eigenvalue weighted by Crippen LogP contribution is -2.40. The predicted octanol–water partition coefficient (Wildman–Crippen LogP) is 9.81. The largest absolute Gasteiger partial charge is 0.364 e. The summed E-state index contributed by atoms with van der Waals surface area (Å²) in [6.45, 7) is 16.1. The normalized spacial score (nSPS) is 23.8. The lowest BCUT2D eigenvalue weighted by atomic mass is 9.80. The SMILES string of the molecule is CCCN1C(=CC=C2CCCC(C=CC3N(CCC)c4ccccc4C3(C)C)=C2Cl)C(C)(C)c2ccccc21. The third-order valence-electron chi connectivity index (χ3n) is 9.07. The van der Waals surface area contributed by atoms with Crippen LogP contribution in [0.25, 0.3) is 0 Å². The highest BCUT2D eigenvalue weighted by Crippen LogP contribution is 2.48. The van der Waals surface area contributed by atoms with Crippen molar-refractivity contribution in [3.63, 3.8) is 0 Å². The molecule has 2 aromatic carbocycles. The molecule has 3 heteroatoms. The number of rotatable bonds is 7. The molecule has 1 atom stereocenters. The summed E-state index contributed by atoms with van der Waals surface area (Å²) in [5.41, 5.74) is 9.51. The van der Waals surface area contributed by atoms with Crippen LogP contribution in [0.5, 0.6) is 0 Å². The molecule has 1 aliphatic carbocycles. The number of hydrogen-bond acceptors (Lipinski definition) is 2. The second-order valence-corrected chi connectivity index (χ2v) is 12.8. The van der Waals surface area contributed by atoms with Crippen LogP contribution in [0.3, 0.4) is 0 Å². The van der Waals surface area contributed by atoms with E-state index in [1.165, 1.54) is 39.3 Å². The van der Waals surface area contributed by atoms with Crippen LogP contribution in [0.1, 0.15) is 84.8 Å². The Balaban J connectivity index is 1.46. The van der Waals surface area contributed by atoms with Gasteiger partial charge in [0.2, 0.25) is 0 Å². The van der Waals surface area contributed by atoms with Crippen molar-refractivity contribution in [2.24, 2.45) is 0 Å². The zero-order valence-corrected chi connectivity index (χ0v) is 25.5. The van der Waals surface area contributed by atoms with Gasteiger partial charge in [-0.25, -0.2) is 0 Å². The van der Waals surface area contributed by atoms with E-state index in [4.69, 9.17) is 11.6 Å². The molecule has 0 spiro atoms. The third kappa shape index (κ3) is 4.91. The number of para-hydroxylation sites is 2. The number of nitrogens with zero attached hydrogens (tertiary/aromatic N) is 2. The van der Waals surface area contributed by atoms with Gasteiger partial charge in [-0.15, -0.1) is 0 Å². The van der Waals surface area contributed by atoms with E-state index < -0.39 is 0 Å². The Morgan fingerprint density at radius 1 is 0.846 bits per heavy atom. The molecule has 3 aliphatic rings. The van der Waals surface area contributed by atoms with Gasteiger partial charge in [-0.1, -0.05) is 108 Å². The first-order chi connectivity index (χ1) is 18.7. The fraction of sp³-hybridized carbons (Fsp3) is 0.444. The maximum atomic E-state index is 7.14. The third-order valence-corrected chi connectivity index (χ3v) is 9.56. The molecule has 2 heterocycles. The van der Waals surface area contributed by atoms with Crippen molar-refractivity contribution in [3.05, 3.63) is 106 Å². The second kappa shape index (κ2) is 11.0. The predicted molar refractivity (Wildman–Crippen MR) is 170 cm³/mol. The van der Waals surface area contributed by atoms with Gasteiger partial charge in [-0.3, -0.25) is 0 Å². The van der Waals surface area contributed by atoms with Gasteiger partial charge in [0.1, 0.15) is 0 Å². The van der Waals surface area contributed by atoms with Gasteiger partial charge in [0.05, 0.1) is 6.04 Å². The molecule has 206 valence electrons. The smallest absolute Gasteiger partial charge is 0.0568 e. The van der Waals surface area contributed by atoms with Crippen molar-refractivity contribution in [2.45, 2.75) is 90.5 Å². The number of halogens is 1. The minimum Gasteiger partial charge on any atom is -0.364 e. The highest BCUT2D eigenvalue weighted by atomic mass is 35.5. The first-order valence-electron chi connectivity index (χ1n) is 14.9. The summed E-state index contributed by atoms with van der Waals surface area (Å²) < 4.78 is 0. The summed E-state index contributed by atoms with van der Waals surface area (Å²) in [5, 5.41) is 0.945. The molecular weight excluding hydrogens is 496 g/mol. The van der Waals surface area contributed by atoms with Gasteiger partial charge >= 0.3 is 0 Å². The number of hydrogen-bond donors (Lipinski definition) is 0. The topological polar surface area (TPSA) is 6.48 Å². The Kier molecular flexibility index (Phi) is 7.89. The van der Waals surface area contributed by atoms with E-state index in [1.807, 2.05) is 0 Å². The van der Waals surface area contributed by atoms with Crippen LogP contribution in [0.4, 0.5) is 11.4 Å². The van der Waals surface area contributed by atoms with Crippen molar-refractivity contribution < 1.29 is 0 Å². The summed E-state index contributed by atoms with van der Waals surface area (Å²) in [4.78, 5) is 5.10. The summed E-state index contributed by atoms with van der Waals surface area (Å²) in [6.07, 6.45) is 14.9. The molecule has 0 radical (unpaired) electrons. The Bertz CT molecular complexity index is 1340. The molecule has 0 bridgehead atoms. The van der Waals surface area contributed by atoms with E-state index in [0.717, 1.165) is 50.2 Å². The number of allylic oxidation sites excluding steroid dienone is 7. The number of benzene rings is 2. The molecule has 2 aliphatic heterocycles. The van der Waals surface area contributed by atoms with E-state index >= 15 is 0 Å². The Labute approximate surface area is 241 Å². The molecule has 5 rings (SSSR count). The first-order valence-corrected chi connectivity index (χ1v) is 15.3. The summed E-state index contributed by atoms with van der Waals surface area (Å²) in [5.74, 6) is 0. The standard InChI is InChI=1S/C36H45ClN2/c1-7-24-38-30-18-11-9-16-28(30)35(3,4)32(38)22-20-26-14-13-15-27(34(26)37)21-23-33-36(5,6)29-17-10-12-19-31(29)39(33)25-8-2/h9-12,16-23,32H,7-8,13-15,24-25H2,1-6H3. The highest BCUT2D eigenvalue weighted by Gasteiger charge is 2.42. The molecule has 0 aromatic heterocycles.